The van der Waals surface area contributed by atoms with Crippen LogP contribution in [0, 0.1) is 11.3 Å². The highest BCUT2D eigenvalue weighted by atomic mass is 14.8. The Kier molecular flexibility index (Phi) is 4.82. The third kappa shape index (κ3) is 2.90. The summed E-state index contributed by atoms with van der Waals surface area (Å²) in [5.74, 6) is 0.205. The molecule has 0 saturated heterocycles. The molecular formula is C11H18N2. The number of allylic oxidation sites excluding steroid dienone is 3. The third-order valence-electron chi connectivity index (χ3n) is 1.84. The molecule has 0 bridgehead atoms. The van der Waals surface area contributed by atoms with Gasteiger partial charge in [-0.1, -0.05) is 33.1 Å². The number of hydrogen-bond donors (Lipinski definition) is 2. The second-order valence-electron chi connectivity index (χ2n) is 3.05. The van der Waals surface area contributed by atoms with E-state index in [1.54, 1.807) is 12.2 Å². The number of nitrogens with one attached hydrogen (secondary N) is 2. The van der Waals surface area contributed by atoms with E-state index in [2.05, 4.69) is 18.5 Å². The van der Waals surface area contributed by atoms with Gasteiger partial charge in [-0.3, -0.25) is 0 Å². The van der Waals surface area contributed by atoms with Crippen LogP contribution in [0.3, 0.4) is 0 Å². The van der Waals surface area contributed by atoms with Gasteiger partial charge < -0.3 is 10.7 Å². The molecule has 0 aromatic carbocycles. The molecule has 0 rings (SSSR count). The minimum atomic E-state index is 0.205. The van der Waals surface area contributed by atoms with Crippen LogP contribution in [0.5, 0.6) is 0 Å². The predicted octanol–water partition coefficient (Wildman–Crippen LogP) is 2.51. The second-order valence-corrected chi connectivity index (χ2v) is 3.05. The topological polar surface area (TPSA) is 35.9 Å². The maximum absolute atomic E-state index is 7.82. The van der Waals surface area contributed by atoms with E-state index in [4.69, 9.17) is 5.41 Å². The maximum Gasteiger partial charge on any atom is 0.0432 e. The lowest BCUT2D eigenvalue weighted by Crippen LogP contribution is -2.15. The minimum Gasteiger partial charge on any atom is -0.388 e. The van der Waals surface area contributed by atoms with Crippen molar-refractivity contribution in [1.82, 2.24) is 5.32 Å². The molecule has 0 atom stereocenters. The standard InChI is InChI=1S/C11H18N2/c1-6-9(10(7-2)13-5)11(12)8(3)4/h6-8,12-13H,1-2H2,3-5H3/b10-9+,12-11?. The normalized spacial score (nSPS) is 12.0. The van der Waals surface area contributed by atoms with Crippen LogP contribution in [0.15, 0.2) is 36.6 Å². The molecule has 2 N–H and O–H groups in total. The second kappa shape index (κ2) is 5.36. The molecule has 0 radical (unpaired) electrons. The van der Waals surface area contributed by atoms with Crippen molar-refractivity contribution in [3.8, 4) is 0 Å². The summed E-state index contributed by atoms with van der Waals surface area (Å²) in [5, 5.41) is 10.8. The molecule has 0 aliphatic heterocycles. The fourth-order valence-corrected chi connectivity index (χ4v) is 1.02. The summed E-state index contributed by atoms with van der Waals surface area (Å²) in [6.07, 6.45) is 3.39. The lowest BCUT2D eigenvalue weighted by Gasteiger charge is -2.12. The Bertz CT molecular complexity index is 247. The van der Waals surface area contributed by atoms with Gasteiger partial charge >= 0.3 is 0 Å². The van der Waals surface area contributed by atoms with Gasteiger partial charge in [0.25, 0.3) is 0 Å². The van der Waals surface area contributed by atoms with Crippen molar-refractivity contribution in [2.45, 2.75) is 13.8 Å². The molecule has 0 heterocycles. The first-order valence-corrected chi connectivity index (χ1v) is 4.34. The number of rotatable bonds is 5. The summed E-state index contributed by atoms with van der Waals surface area (Å²) in [6.45, 7) is 11.3. The fraction of sp³-hybridized carbons (Fsp3) is 0.364. The van der Waals surface area contributed by atoms with Gasteiger partial charge in [-0.25, -0.2) is 0 Å². The van der Waals surface area contributed by atoms with E-state index in [9.17, 15) is 0 Å². The monoisotopic (exact) mass is 178 g/mol. The molecule has 0 aromatic heterocycles. The van der Waals surface area contributed by atoms with Crippen molar-refractivity contribution in [2.75, 3.05) is 7.05 Å². The van der Waals surface area contributed by atoms with Crippen molar-refractivity contribution < 1.29 is 0 Å². The zero-order valence-corrected chi connectivity index (χ0v) is 8.65. The molecule has 13 heavy (non-hydrogen) atoms. The number of hydrogen-bond acceptors (Lipinski definition) is 2. The minimum absolute atomic E-state index is 0.205. The summed E-state index contributed by atoms with van der Waals surface area (Å²) in [5.41, 5.74) is 2.26. The van der Waals surface area contributed by atoms with Crippen LogP contribution in [0.4, 0.5) is 0 Å². The van der Waals surface area contributed by atoms with Gasteiger partial charge in [-0.15, -0.1) is 0 Å². The van der Waals surface area contributed by atoms with E-state index in [0.717, 1.165) is 11.3 Å². The zero-order chi connectivity index (χ0) is 10.4. The lowest BCUT2D eigenvalue weighted by molar-refractivity contribution is 0.872. The molecule has 0 unspecified atom stereocenters. The van der Waals surface area contributed by atoms with Crippen LogP contribution in [0.25, 0.3) is 0 Å². The van der Waals surface area contributed by atoms with Crippen LogP contribution < -0.4 is 5.32 Å². The van der Waals surface area contributed by atoms with Gasteiger partial charge in [-0.2, -0.15) is 0 Å². The molecule has 0 aliphatic rings. The summed E-state index contributed by atoms with van der Waals surface area (Å²) >= 11 is 0. The largest absolute Gasteiger partial charge is 0.388 e. The Labute approximate surface area is 80.6 Å². The van der Waals surface area contributed by atoms with Gasteiger partial charge in [-0.05, 0) is 12.0 Å². The molecule has 0 aromatic rings. The van der Waals surface area contributed by atoms with Gasteiger partial charge in [0.1, 0.15) is 0 Å². The predicted molar refractivity (Wildman–Crippen MR) is 59.0 cm³/mol. The summed E-state index contributed by atoms with van der Waals surface area (Å²) in [6, 6.07) is 0. The molecule has 0 saturated carbocycles. The highest BCUT2D eigenvalue weighted by Crippen LogP contribution is 2.11. The van der Waals surface area contributed by atoms with Gasteiger partial charge in [0.05, 0.1) is 0 Å². The smallest absolute Gasteiger partial charge is 0.0432 e. The molecule has 0 fully saturated rings. The highest BCUT2D eigenvalue weighted by molar-refractivity contribution is 6.02. The first-order valence-electron chi connectivity index (χ1n) is 4.34. The Morgan fingerprint density at radius 1 is 1.31 bits per heavy atom. The Hall–Kier alpha value is -1.31. The molecule has 2 nitrogen and oxygen atoms in total. The summed E-state index contributed by atoms with van der Waals surface area (Å²) in [4.78, 5) is 0. The molecule has 72 valence electrons. The van der Waals surface area contributed by atoms with Crippen molar-refractivity contribution >= 4 is 5.71 Å². The van der Waals surface area contributed by atoms with E-state index in [1.807, 2.05) is 20.9 Å². The lowest BCUT2D eigenvalue weighted by atomic mass is 9.98. The number of likely N-dealkylation sites (N-methyl/N-ethyl adjacent to an activating group) is 1. The van der Waals surface area contributed by atoms with Crippen molar-refractivity contribution in [1.29, 1.82) is 5.41 Å². The molecule has 0 spiro atoms. The molecule has 2 heteroatoms. The average Bonchev–Trinajstić information content (AvgIpc) is 2.12. The van der Waals surface area contributed by atoms with E-state index in [-0.39, 0.29) is 5.92 Å². The Balaban J connectivity index is 5.07. The molecular weight excluding hydrogens is 160 g/mol. The fourth-order valence-electron chi connectivity index (χ4n) is 1.02. The zero-order valence-electron chi connectivity index (χ0n) is 8.65. The van der Waals surface area contributed by atoms with E-state index in [1.165, 1.54) is 0 Å². The van der Waals surface area contributed by atoms with Crippen LogP contribution in [-0.2, 0) is 0 Å². The third-order valence-corrected chi connectivity index (χ3v) is 1.84. The summed E-state index contributed by atoms with van der Waals surface area (Å²) in [7, 11) is 1.81. The van der Waals surface area contributed by atoms with Crippen LogP contribution in [-0.4, -0.2) is 12.8 Å². The van der Waals surface area contributed by atoms with Crippen molar-refractivity contribution in [2.24, 2.45) is 5.92 Å². The maximum atomic E-state index is 7.82. The van der Waals surface area contributed by atoms with E-state index in [0.29, 0.717) is 5.71 Å². The van der Waals surface area contributed by atoms with E-state index >= 15 is 0 Å². The average molecular weight is 178 g/mol. The SMILES string of the molecule is C=C/C(NC)=C(/C=C)C(=N)C(C)C. The van der Waals surface area contributed by atoms with Gasteiger partial charge in [0.2, 0.25) is 0 Å². The Morgan fingerprint density at radius 3 is 2.08 bits per heavy atom. The first-order chi connectivity index (χ1) is 6.08. The van der Waals surface area contributed by atoms with Gasteiger partial charge in [0.15, 0.2) is 0 Å². The van der Waals surface area contributed by atoms with Crippen LogP contribution >= 0.6 is 0 Å². The van der Waals surface area contributed by atoms with Crippen LogP contribution in [0.1, 0.15) is 13.8 Å². The van der Waals surface area contributed by atoms with Gasteiger partial charge in [0, 0.05) is 24.0 Å². The quantitative estimate of drug-likeness (QED) is 0.492. The van der Waals surface area contributed by atoms with Crippen molar-refractivity contribution in [3.05, 3.63) is 36.6 Å². The van der Waals surface area contributed by atoms with E-state index < -0.39 is 0 Å². The summed E-state index contributed by atoms with van der Waals surface area (Å²) < 4.78 is 0. The van der Waals surface area contributed by atoms with Crippen molar-refractivity contribution in [3.63, 3.8) is 0 Å². The van der Waals surface area contributed by atoms with Crippen LogP contribution in [0.2, 0.25) is 0 Å². The molecule has 0 aliphatic carbocycles. The first kappa shape index (κ1) is 11.7. The Morgan fingerprint density at radius 2 is 1.85 bits per heavy atom. The highest BCUT2D eigenvalue weighted by Gasteiger charge is 2.09. The molecule has 0 amide bonds.